The Bertz CT molecular complexity index is 550. The van der Waals surface area contributed by atoms with Crippen LogP contribution in [0.5, 0.6) is 0 Å². The Morgan fingerprint density at radius 1 is 0.632 bits per heavy atom. The van der Waals surface area contributed by atoms with Gasteiger partial charge in [0.2, 0.25) is 0 Å². The lowest BCUT2D eigenvalue weighted by Gasteiger charge is -1.97. The Morgan fingerprint density at radius 2 is 1.16 bits per heavy atom. The van der Waals surface area contributed by atoms with E-state index in [1.54, 1.807) is 0 Å². The normalized spacial score (nSPS) is 9.32. The molecule has 19 heavy (non-hydrogen) atoms. The van der Waals surface area contributed by atoms with Gasteiger partial charge in [0.1, 0.15) is 12.7 Å². The molecule has 5 heteroatoms. The van der Waals surface area contributed by atoms with Crippen molar-refractivity contribution in [3.8, 4) is 11.1 Å². The first kappa shape index (κ1) is 13.1. The van der Waals surface area contributed by atoms with Gasteiger partial charge in [-0.15, -0.1) is 0 Å². The highest BCUT2D eigenvalue weighted by Crippen LogP contribution is 2.15. The first-order valence-electron chi connectivity index (χ1n) is 5.57. The SMILES string of the molecule is Clc1cncnc1.c1ccc(-c2cncnc2)cc1. The lowest BCUT2D eigenvalue weighted by Crippen LogP contribution is -1.80. The maximum Gasteiger partial charge on any atom is 0.115 e. The number of hydrogen-bond acceptors (Lipinski definition) is 4. The topological polar surface area (TPSA) is 51.6 Å². The molecule has 0 fully saturated rings. The summed E-state index contributed by atoms with van der Waals surface area (Å²) in [5.74, 6) is 0. The molecule has 0 aliphatic carbocycles. The molecule has 0 aliphatic rings. The summed E-state index contributed by atoms with van der Waals surface area (Å²) >= 11 is 5.41. The molecule has 0 saturated heterocycles. The molecular weight excluding hydrogens is 260 g/mol. The second kappa shape index (κ2) is 7.18. The van der Waals surface area contributed by atoms with Crippen LogP contribution in [0.2, 0.25) is 5.02 Å². The van der Waals surface area contributed by atoms with Crippen molar-refractivity contribution in [1.82, 2.24) is 19.9 Å². The van der Waals surface area contributed by atoms with E-state index < -0.39 is 0 Å². The molecular formula is C14H11ClN4. The molecule has 0 unspecified atom stereocenters. The smallest absolute Gasteiger partial charge is 0.115 e. The molecule has 0 radical (unpaired) electrons. The second-order valence-electron chi connectivity index (χ2n) is 3.55. The Hall–Kier alpha value is -2.33. The number of aromatic nitrogens is 4. The number of halogens is 1. The van der Waals surface area contributed by atoms with Crippen molar-refractivity contribution >= 4 is 11.6 Å². The zero-order valence-electron chi connectivity index (χ0n) is 10.0. The van der Waals surface area contributed by atoms with Crippen LogP contribution in [-0.2, 0) is 0 Å². The highest BCUT2D eigenvalue weighted by molar-refractivity contribution is 6.30. The lowest BCUT2D eigenvalue weighted by atomic mass is 10.1. The van der Waals surface area contributed by atoms with Crippen molar-refractivity contribution in [3.63, 3.8) is 0 Å². The van der Waals surface area contributed by atoms with Gasteiger partial charge in [0.25, 0.3) is 0 Å². The largest absolute Gasteiger partial charge is 0.244 e. The second-order valence-corrected chi connectivity index (χ2v) is 3.99. The number of rotatable bonds is 1. The van der Waals surface area contributed by atoms with E-state index in [9.17, 15) is 0 Å². The molecule has 94 valence electrons. The third-order valence-electron chi connectivity index (χ3n) is 2.20. The number of benzene rings is 1. The van der Waals surface area contributed by atoms with Gasteiger partial charge in [-0.2, -0.15) is 0 Å². The number of hydrogen-bond donors (Lipinski definition) is 0. The van der Waals surface area contributed by atoms with Crippen LogP contribution in [0.4, 0.5) is 0 Å². The predicted molar refractivity (Wildman–Crippen MR) is 74.5 cm³/mol. The maximum absolute atomic E-state index is 5.41. The molecule has 2 heterocycles. The molecule has 0 spiro atoms. The molecule has 0 aliphatic heterocycles. The van der Waals surface area contributed by atoms with Gasteiger partial charge in [0, 0.05) is 30.4 Å². The van der Waals surface area contributed by atoms with Crippen LogP contribution in [0.25, 0.3) is 11.1 Å². The highest BCUT2D eigenvalue weighted by atomic mass is 35.5. The molecule has 1 aromatic carbocycles. The standard InChI is InChI=1S/C10H8N2.C4H3ClN2/c1-2-4-9(5-3-1)10-6-11-8-12-7-10;5-4-1-6-3-7-2-4/h1-8H;1-3H. The summed E-state index contributed by atoms with van der Waals surface area (Å²) in [6.07, 6.45) is 9.66. The van der Waals surface area contributed by atoms with Gasteiger partial charge in [-0.3, -0.25) is 0 Å². The Kier molecular flexibility index (Phi) is 4.96. The third-order valence-corrected chi connectivity index (χ3v) is 2.39. The summed E-state index contributed by atoms with van der Waals surface area (Å²) < 4.78 is 0. The predicted octanol–water partition coefficient (Wildman–Crippen LogP) is 3.27. The molecule has 3 aromatic rings. The lowest BCUT2D eigenvalue weighted by molar-refractivity contribution is 1.17. The van der Waals surface area contributed by atoms with Crippen molar-refractivity contribution in [3.05, 3.63) is 72.8 Å². The molecule has 4 nitrogen and oxygen atoms in total. The summed E-state index contributed by atoms with van der Waals surface area (Å²) in [4.78, 5) is 15.2. The minimum absolute atomic E-state index is 0.572. The summed E-state index contributed by atoms with van der Waals surface area (Å²) in [7, 11) is 0. The van der Waals surface area contributed by atoms with E-state index >= 15 is 0 Å². The van der Waals surface area contributed by atoms with Gasteiger partial charge in [-0.05, 0) is 5.56 Å². The van der Waals surface area contributed by atoms with Crippen molar-refractivity contribution < 1.29 is 0 Å². The molecule has 0 bridgehead atoms. The van der Waals surface area contributed by atoms with E-state index in [2.05, 4.69) is 19.9 Å². The highest BCUT2D eigenvalue weighted by Gasteiger charge is 1.93. The van der Waals surface area contributed by atoms with E-state index in [1.165, 1.54) is 25.0 Å². The summed E-state index contributed by atoms with van der Waals surface area (Å²) in [5, 5.41) is 0.572. The van der Waals surface area contributed by atoms with Gasteiger partial charge >= 0.3 is 0 Å². The molecule has 2 aromatic heterocycles. The Balaban J connectivity index is 0.000000163. The fourth-order valence-corrected chi connectivity index (χ4v) is 1.47. The summed E-state index contributed by atoms with van der Waals surface area (Å²) in [6.45, 7) is 0. The van der Waals surface area contributed by atoms with Crippen LogP contribution in [0.15, 0.2) is 67.8 Å². The summed E-state index contributed by atoms with van der Waals surface area (Å²) in [5.41, 5.74) is 2.20. The molecule has 0 saturated carbocycles. The van der Waals surface area contributed by atoms with Crippen LogP contribution >= 0.6 is 11.6 Å². The Morgan fingerprint density at radius 3 is 1.63 bits per heavy atom. The summed E-state index contributed by atoms with van der Waals surface area (Å²) in [6, 6.07) is 10.1. The number of nitrogens with zero attached hydrogens (tertiary/aromatic N) is 4. The van der Waals surface area contributed by atoms with Gasteiger partial charge in [-0.25, -0.2) is 19.9 Å². The fourth-order valence-electron chi connectivity index (χ4n) is 1.36. The van der Waals surface area contributed by atoms with Gasteiger partial charge < -0.3 is 0 Å². The van der Waals surface area contributed by atoms with E-state index in [1.807, 2.05) is 42.7 Å². The minimum atomic E-state index is 0.572. The van der Waals surface area contributed by atoms with Crippen molar-refractivity contribution in [2.24, 2.45) is 0 Å². The first-order valence-corrected chi connectivity index (χ1v) is 5.95. The van der Waals surface area contributed by atoms with Crippen molar-refractivity contribution in [2.75, 3.05) is 0 Å². The fraction of sp³-hybridized carbons (Fsp3) is 0. The van der Waals surface area contributed by atoms with Crippen molar-refractivity contribution in [2.45, 2.75) is 0 Å². The van der Waals surface area contributed by atoms with Gasteiger partial charge in [0.15, 0.2) is 0 Å². The maximum atomic E-state index is 5.41. The van der Waals surface area contributed by atoms with E-state index in [4.69, 9.17) is 11.6 Å². The van der Waals surface area contributed by atoms with Crippen LogP contribution in [-0.4, -0.2) is 19.9 Å². The molecule has 0 atom stereocenters. The Labute approximate surface area is 116 Å². The van der Waals surface area contributed by atoms with E-state index in [0.717, 1.165) is 11.1 Å². The average molecular weight is 271 g/mol. The average Bonchev–Trinajstić information content (AvgIpc) is 2.51. The van der Waals surface area contributed by atoms with Crippen molar-refractivity contribution in [1.29, 1.82) is 0 Å². The molecule has 0 amide bonds. The first-order chi connectivity index (χ1) is 9.36. The zero-order chi connectivity index (χ0) is 13.3. The van der Waals surface area contributed by atoms with Crippen LogP contribution < -0.4 is 0 Å². The van der Waals surface area contributed by atoms with E-state index in [0.29, 0.717) is 5.02 Å². The monoisotopic (exact) mass is 270 g/mol. The molecule has 3 rings (SSSR count). The zero-order valence-corrected chi connectivity index (χ0v) is 10.8. The quantitative estimate of drug-likeness (QED) is 0.681. The molecule has 0 N–H and O–H groups in total. The van der Waals surface area contributed by atoms with Gasteiger partial charge in [0.05, 0.1) is 5.02 Å². The van der Waals surface area contributed by atoms with Crippen LogP contribution in [0, 0.1) is 0 Å². The van der Waals surface area contributed by atoms with Crippen LogP contribution in [0.1, 0.15) is 0 Å². The van der Waals surface area contributed by atoms with Crippen LogP contribution in [0.3, 0.4) is 0 Å². The van der Waals surface area contributed by atoms with E-state index in [-0.39, 0.29) is 0 Å². The van der Waals surface area contributed by atoms with Gasteiger partial charge in [-0.1, -0.05) is 41.9 Å². The third kappa shape index (κ3) is 4.44. The minimum Gasteiger partial charge on any atom is -0.244 e.